The molecule has 0 saturated carbocycles. The molecule has 1 saturated heterocycles. The van der Waals surface area contributed by atoms with Gasteiger partial charge in [-0.15, -0.1) is 0 Å². The molecule has 1 heterocycles. The summed E-state index contributed by atoms with van der Waals surface area (Å²) < 4.78 is 15.7. The zero-order chi connectivity index (χ0) is 21.5. The fourth-order valence-corrected chi connectivity index (χ4v) is 3.58. The van der Waals surface area contributed by atoms with E-state index < -0.39 is 0 Å². The van der Waals surface area contributed by atoms with Crippen LogP contribution in [0.4, 0.5) is 0 Å². The molecule has 2 aromatic carbocycles. The Morgan fingerprint density at radius 1 is 0.933 bits per heavy atom. The zero-order valence-corrected chi connectivity index (χ0v) is 17.6. The van der Waals surface area contributed by atoms with Gasteiger partial charge in [-0.25, -0.2) is 0 Å². The van der Waals surface area contributed by atoms with Gasteiger partial charge < -0.3 is 24.4 Å². The van der Waals surface area contributed by atoms with Gasteiger partial charge in [-0.3, -0.25) is 9.59 Å². The molecule has 2 aromatic rings. The molecule has 0 atom stereocenters. The normalized spacial score (nSPS) is 14.2. The van der Waals surface area contributed by atoms with Gasteiger partial charge in [0.05, 0.1) is 33.3 Å². The summed E-state index contributed by atoms with van der Waals surface area (Å²) >= 11 is 0. The number of amides is 2. The van der Waals surface area contributed by atoms with Crippen LogP contribution in [0.15, 0.2) is 42.5 Å². The van der Waals surface area contributed by atoms with Gasteiger partial charge in [0.15, 0.2) is 0 Å². The van der Waals surface area contributed by atoms with E-state index in [9.17, 15) is 9.59 Å². The molecular formula is C23H28N2O5. The molecule has 3 rings (SSSR count). The lowest BCUT2D eigenvalue weighted by molar-refractivity contribution is -0.121. The number of piperidine rings is 1. The second-order valence-corrected chi connectivity index (χ2v) is 7.23. The molecule has 0 aliphatic carbocycles. The third-order valence-corrected chi connectivity index (χ3v) is 5.31. The standard InChI is InChI=1S/C23H28N2O5/c1-28-18-6-4-16(5-7-18)14-22(26)24-17-10-12-25(13-11-17)23(27)20-9-8-19(29-2)15-21(20)30-3/h4-9,15,17H,10-14H2,1-3H3,(H,24,26). The Morgan fingerprint density at radius 2 is 1.57 bits per heavy atom. The van der Waals surface area contributed by atoms with Gasteiger partial charge in [0.1, 0.15) is 17.2 Å². The number of benzene rings is 2. The number of methoxy groups -OCH3 is 3. The van der Waals surface area contributed by atoms with Crippen molar-refractivity contribution >= 4 is 11.8 Å². The number of hydrogen-bond donors (Lipinski definition) is 1. The van der Waals surface area contributed by atoms with Crippen molar-refractivity contribution < 1.29 is 23.8 Å². The Morgan fingerprint density at radius 3 is 2.17 bits per heavy atom. The molecule has 7 nitrogen and oxygen atoms in total. The maximum absolute atomic E-state index is 12.9. The molecule has 0 bridgehead atoms. The predicted octanol–water partition coefficient (Wildman–Crippen LogP) is 2.68. The van der Waals surface area contributed by atoms with Crippen LogP contribution in [0.2, 0.25) is 0 Å². The number of carbonyl (C=O) groups is 2. The average molecular weight is 412 g/mol. The van der Waals surface area contributed by atoms with Crippen molar-refractivity contribution in [1.29, 1.82) is 0 Å². The monoisotopic (exact) mass is 412 g/mol. The van der Waals surface area contributed by atoms with E-state index in [1.165, 1.54) is 7.11 Å². The van der Waals surface area contributed by atoms with E-state index in [1.54, 1.807) is 37.3 Å². The lowest BCUT2D eigenvalue weighted by Crippen LogP contribution is -2.47. The van der Waals surface area contributed by atoms with Crippen LogP contribution in [0.3, 0.4) is 0 Å². The average Bonchev–Trinajstić information content (AvgIpc) is 2.79. The molecule has 1 N–H and O–H groups in total. The first-order chi connectivity index (χ1) is 14.5. The molecule has 30 heavy (non-hydrogen) atoms. The van der Waals surface area contributed by atoms with E-state index in [4.69, 9.17) is 14.2 Å². The lowest BCUT2D eigenvalue weighted by atomic mass is 10.0. The molecule has 0 radical (unpaired) electrons. The van der Waals surface area contributed by atoms with E-state index in [1.807, 2.05) is 24.3 Å². The highest BCUT2D eigenvalue weighted by Crippen LogP contribution is 2.26. The first kappa shape index (κ1) is 21.5. The Hall–Kier alpha value is -3.22. The summed E-state index contributed by atoms with van der Waals surface area (Å²) in [5.41, 5.74) is 1.45. The molecule has 1 aliphatic rings. The first-order valence-electron chi connectivity index (χ1n) is 9.97. The van der Waals surface area contributed by atoms with Crippen molar-refractivity contribution in [1.82, 2.24) is 10.2 Å². The van der Waals surface area contributed by atoms with E-state index in [0.29, 0.717) is 36.6 Å². The first-order valence-corrected chi connectivity index (χ1v) is 9.97. The Balaban J connectivity index is 1.51. The summed E-state index contributed by atoms with van der Waals surface area (Å²) in [5, 5.41) is 3.08. The highest BCUT2D eigenvalue weighted by Gasteiger charge is 2.26. The van der Waals surface area contributed by atoms with Gasteiger partial charge in [0.25, 0.3) is 5.91 Å². The molecule has 0 aromatic heterocycles. The van der Waals surface area contributed by atoms with E-state index in [0.717, 1.165) is 24.2 Å². The van der Waals surface area contributed by atoms with Gasteiger partial charge in [0, 0.05) is 25.2 Å². The number of carbonyl (C=O) groups excluding carboxylic acids is 2. The lowest BCUT2D eigenvalue weighted by Gasteiger charge is -2.32. The SMILES string of the molecule is COc1ccc(CC(=O)NC2CCN(C(=O)c3ccc(OC)cc3OC)CC2)cc1. The third-order valence-electron chi connectivity index (χ3n) is 5.31. The highest BCUT2D eigenvalue weighted by molar-refractivity contribution is 5.97. The van der Waals surface area contributed by atoms with Crippen LogP contribution >= 0.6 is 0 Å². The van der Waals surface area contributed by atoms with Gasteiger partial charge in [-0.1, -0.05) is 12.1 Å². The molecule has 7 heteroatoms. The summed E-state index contributed by atoms with van der Waals surface area (Å²) in [4.78, 5) is 27.1. The largest absolute Gasteiger partial charge is 0.497 e. The number of likely N-dealkylation sites (tertiary alicyclic amines) is 1. The van der Waals surface area contributed by atoms with Crippen LogP contribution in [-0.4, -0.2) is 57.2 Å². The van der Waals surface area contributed by atoms with Crippen LogP contribution < -0.4 is 19.5 Å². The number of nitrogens with zero attached hydrogens (tertiary/aromatic N) is 1. The topological polar surface area (TPSA) is 77.1 Å². The minimum absolute atomic E-state index is 0.0123. The van der Waals surface area contributed by atoms with Gasteiger partial charge >= 0.3 is 0 Å². The summed E-state index contributed by atoms with van der Waals surface area (Å²) in [5.74, 6) is 1.82. The molecule has 2 amide bonds. The van der Waals surface area contributed by atoms with E-state index in [2.05, 4.69) is 5.32 Å². The van der Waals surface area contributed by atoms with Crippen molar-refractivity contribution in [2.24, 2.45) is 0 Å². The molecule has 0 spiro atoms. The van der Waals surface area contributed by atoms with E-state index in [-0.39, 0.29) is 17.9 Å². The van der Waals surface area contributed by atoms with Crippen molar-refractivity contribution in [2.75, 3.05) is 34.4 Å². The number of ether oxygens (including phenoxy) is 3. The summed E-state index contributed by atoms with van der Waals surface area (Å²) in [6, 6.07) is 12.7. The second-order valence-electron chi connectivity index (χ2n) is 7.23. The minimum Gasteiger partial charge on any atom is -0.497 e. The van der Waals surface area contributed by atoms with Crippen molar-refractivity contribution in [3.63, 3.8) is 0 Å². The zero-order valence-electron chi connectivity index (χ0n) is 17.6. The summed E-state index contributed by atoms with van der Waals surface area (Å²) in [6.07, 6.45) is 1.77. The molecule has 1 aliphatic heterocycles. The van der Waals surface area contributed by atoms with Gasteiger partial charge in [0.2, 0.25) is 5.91 Å². The van der Waals surface area contributed by atoms with Crippen LogP contribution in [0.1, 0.15) is 28.8 Å². The summed E-state index contributed by atoms with van der Waals surface area (Å²) in [6.45, 7) is 1.17. The maximum Gasteiger partial charge on any atom is 0.257 e. The van der Waals surface area contributed by atoms with Gasteiger partial charge in [-0.2, -0.15) is 0 Å². The molecule has 1 fully saturated rings. The quantitative estimate of drug-likeness (QED) is 0.757. The van der Waals surface area contributed by atoms with Gasteiger partial charge in [-0.05, 0) is 42.7 Å². The summed E-state index contributed by atoms with van der Waals surface area (Å²) in [7, 11) is 4.73. The van der Waals surface area contributed by atoms with Crippen molar-refractivity contribution in [3.05, 3.63) is 53.6 Å². The molecule has 160 valence electrons. The number of nitrogens with one attached hydrogen (secondary N) is 1. The fourth-order valence-electron chi connectivity index (χ4n) is 3.58. The Kier molecular flexibility index (Phi) is 7.17. The Bertz CT molecular complexity index is 874. The van der Waals surface area contributed by atoms with Crippen LogP contribution in [-0.2, 0) is 11.2 Å². The van der Waals surface area contributed by atoms with Crippen molar-refractivity contribution in [3.8, 4) is 17.2 Å². The second kappa shape index (κ2) is 10.0. The maximum atomic E-state index is 12.9. The number of rotatable bonds is 7. The number of hydrogen-bond acceptors (Lipinski definition) is 5. The molecule has 0 unspecified atom stereocenters. The van der Waals surface area contributed by atoms with Crippen LogP contribution in [0.5, 0.6) is 17.2 Å². The minimum atomic E-state index is -0.0717. The van der Waals surface area contributed by atoms with E-state index >= 15 is 0 Å². The van der Waals surface area contributed by atoms with Crippen LogP contribution in [0.25, 0.3) is 0 Å². The predicted molar refractivity (Wildman–Crippen MR) is 113 cm³/mol. The highest BCUT2D eigenvalue weighted by atomic mass is 16.5. The Labute approximate surface area is 176 Å². The fraction of sp³-hybridized carbons (Fsp3) is 0.391. The van der Waals surface area contributed by atoms with Crippen molar-refractivity contribution in [2.45, 2.75) is 25.3 Å². The van der Waals surface area contributed by atoms with Crippen LogP contribution in [0, 0.1) is 0 Å². The third kappa shape index (κ3) is 5.23. The molecular weight excluding hydrogens is 384 g/mol. The smallest absolute Gasteiger partial charge is 0.257 e.